The Hall–Kier alpha value is -2.44. The maximum Gasteiger partial charge on any atom is 0.257 e. The van der Waals surface area contributed by atoms with Crippen LogP contribution in [-0.2, 0) is 13.1 Å². The van der Waals surface area contributed by atoms with Gasteiger partial charge in [0, 0.05) is 38.4 Å². The summed E-state index contributed by atoms with van der Waals surface area (Å²) < 4.78 is 1.95. The number of hydrogen-bond donors (Lipinski definition) is 0. The smallest absolute Gasteiger partial charge is 0.257 e. The number of aromatic nitrogens is 2. The van der Waals surface area contributed by atoms with Crippen molar-refractivity contribution in [1.82, 2.24) is 19.6 Å². The molecule has 2 aromatic heterocycles. The van der Waals surface area contributed by atoms with E-state index in [0.717, 1.165) is 49.7 Å². The Kier molecular flexibility index (Phi) is 5.59. The second kappa shape index (κ2) is 8.29. The molecule has 146 valence electrons. The molecule has 1 aromatic carbocycles. The predicted octanol–water partition coefficient (Wildman–Crippen LogP) is 3.57. The van der Waals surface area contributed by atoms with Crippen molar-refractivity contribution in [3.8, 4) is 0 Å². The number of carbonyl (C=O) groups excluding carboxylic acids is 1. The number of amides is 1. The minimum Gasteiger partial charge on any atom is -0.336 e. The van der Waals surface area contributed by atoms with Gasteiger partial charge in [-0.2, -0.15) is 16.4 Å². The first-order valence-electron chi connectivity index (χ1n) is 9.72. The molecule has 1 aliphatic heterocycles. The zero-order valence-electron chi connectivity index (χ0n) is 16.5. The second-order valence-corrected chi connectivity index (χ2v) is 8.17. The molecule has 3 aromatic rings. The molecule has 0 radical (unpaired) electrons. The van der Waals surface area contributed by atoms with Gasteiger partial charge in [-0.3, -0.25) is 14.4 Å². The van der Waals surface area contributed by atoms with Crippen LogP contribution in [0.4, 0.5) is 0 Å². The van der Waals surface area contributed by atoms with Crippen molar-refractivity contribution < 1.29 is 4.79 Å². The van der Waals surface area contributed by atoms with Crippen molar-refractivity contribution in [3.05, 3.63) is 75.2 Å². The quantitative estimate of drug-likeness (QED) is 0.664. The van der Waals surface area contributed by atoms with Gasteiger partial charge >= 0.3 is 0 Å². The van der Waals surface area contributed by atoms with Crippen LogP contribution < -0.4 is 0 Å². The standard InChI is InChI=1S/C22H26N4OS/c1-17-21(18(2)26(23-17)15-19-6-4-3-5-7-19)22(27)25-11-9-24(10-12-25)14-20-8-13-28-16-20/h3-8,13,16H,9-12,14-15H2,1-2H3. The zero-order chi connectivity index (χ0) is 19.5. The van der Waals surface area contributed by atoms with Crippen LogP contribution in [0.15, 0.2) is 47.2 Å². The number of benzene rings is 1. The van der Waals surface area contributed by atoms with Gasteiger partial charge in [0.25, 0.3) is 5.91 Å². The summed E-state index contributed by atoms with van der Waals surface area (Å²) >= 11 is 1.74. The summed E-state index contributed by atoms with van der Waals surface area (Å²) in [4.78, 5) is 17.6. The lowest BCUT2D eigenvalue weighted by Crippen LogP contribution is -2.48. The number of piperazine rings is 1. The molecule has 3 heterocycles. The molecule has 0 unspecified atom stereocenters. The van der Waals surface area contributed by atoms with Crippen LogP contribution in [0.2, 0.25) is 0 Å². The van der Waals surface area contributed by atoms with Crippen LogP contribution >= 0.6 is 11.3 Å². The molecule has 0 saturated carbocycles. The molecule has 1 saturated heterocycles. The molecule has 1 fully saturated rings. The number of hydrogen-bond acceptors (Lipinski definition) is 4. The highest BCUT2D eigenvalue weighted by molar-refractivity contribution is 7.07. The summed E-state index contributed by atoms with van der Waals surface area (Å²) in [6.45, 7) is 8.97. The highest BCUT2D eigenvalue weighted by atomic mass is 32.1. The van der Waals surface area contributed by atoms with E-state index < -0.39 is 0 Å². The lowest BCUT2D eigenvalue weighted by molar-refractivity contribution is 0.0627. The van der Waals surface area contributed by atoms with Crippen LogP contribution in [-0.4, -0.2) is 51.7 Å². The van der Waals surface area contributed by atoms with Gasteiger partial charge in [-0.1, -0.05) is 30.3 Å². The first kappa shape index (κ1) is 18.9. The fourth-order valence-corrected chi connectivity index (χ4v) is 4.48. The average molecular weight is 395 g/mol. The molecule has 0 aliphatic carbocycles. The van der Waals surface area contributed by atoms with E-state index in [1.54, 1.807) is 11.3 Å². The molecule has 28 heavy (non-hydrogen) atoms. The van der Waals surface area contributed by atoms with Crippen LogP contribution in [0, 0.1) is 13.8 Å². The Morgan fingerprint density at radius 3 is 2.43 bits per heavy atom. The highest BCUT2D eigenvalue weighted by Gasteiger charge is 2.27. The summed E-state index contributed by atoms with van der Waals surface area (Å²) in [5.41, 5.74) is 5.08. The molecule has 0 N–H and O–H groups in total. The van der Waals surface area contributed by atoms with Crippen molar-refractivity contribution in [3.63, 3.8) is 0 Å². The summed E-state index contributed by atoms with van der Waals surface area (Å²) in [7, 11) is 0. The van der Waals surface area contributed by atoms with Gasteiger partial charge in [-0.05, 0) is 41.8 Å². The molecule has 1 amide bonds. The van der Waals surface area contributed by atoms with Gasteiger partial charge < -0.3 is 4.90 Å². The fourth-order valence-electron chi connectivity index (χ4n) is 3.82. The third-order valence-corrected chi connectivity index (χ3v) is 6.15. The number of carbonyl (C=O) groups is 1. The minimum atomic E-state index is 0.115. The van der Waals surface area contributed by atoms with E-state index in [4.69, 9.17) is 0 Å². The average Bonchev–Trinajstić information content (AvgIpc) is 3.31. The largest absolute Gasteiger partial charge is 0.336 e. The second-order valence-electron chi connectivity index (χ2n) is 7.39. The lowest BCUT2D eigenvalue weighted by Gasteiger charge is -2.34. The molecular weight excluding hydrogens is 368 g/mol. The van der Waals surface area contributed by atoms with Gasteiger partial charge in [0.2, 0.25) is 0 Å². The third kappa shape index (κ3) is 4.03. The Bertz CT molecular complexity index is 925. The van der Waals surface area contributed by atoms with Crippen LogP contribution in [0.25, 0.3) is 0 Å². The van der Waals surface area contributed by atoms with Crippen molar-refractivity contribution >= 4 is 17.2 Å². The topological polar surface area (TPSA) is 41.4 Å². The molecule has 6 heteroatoms. The summed E-state index contributed by atoms with van der Waals surface area (Å²) in [5.74, 6) is 0.115. The van der Waals surface area contributed by atoms with E-state index in [0.29, 0.717) is 6.54 Å². The van der Waals surface area contributed by atoms with Crippen molar-refractivity contribution in [1.29, 1.82) is 0 Å². The number of nitrogens with zero attached hydrogens (tertiary/aromatic N) is 4. The maximum atomic E-state index is 13.2. The number of aryl methyl sites for hydroxylation is 1. The molecule has 0 spiro atoms. The van der Waals surface area contributed by atoms with E-state index in [2.05, 4.69) is 39.0 Å². The Labute approximate surface area is 170 Å². The molecule has 0 bridgehead atoms. The van der Waals surface area contributed by atoms with Gasteiger partial charge in [-0.25, -0.2) is 0 Å². The summed E-state index contributed by atoms with van der Waals surface area (Å²) in [5, 5.41) is 8.96. The first-order chi connectivity index (χ1) is 13.6. The summed E-state index contributed by atoms with van der Waals surface area (Å²) in [6, 6.07) is 12.4. The number of rotatable bonds is 5. The molecule has 5 nitrogen and oxygen atoms in total. The van der Waals surface area contributed by atoms with Gasteiger partial charge in [0.15, 0.2) is 0 Å². The van der Waals surface area contributed by atoms with E-state index in [9.17, 15) is 4.79 Å². The van der Waals surface area contributed by atoms with E-state index in [1.807, 2.05) is 41.6 Å². The first-order valence-corrected chi connectivity index (χ1v) is 10.7. The van der Waals surface area contributed by atoms with Gasteiger partial charge in [0.05, 0.1) is 17.8 Å². The van der Waals surface area contributed by atoms with Crippen LogP contribution in [0.5, 0.6) is 0 Å². The van der Waals surface area contributed by atoms with Gasteiger partial charge in [0.1, 0.15) is 0 Å². The van der Waals surface area contributed by atoms with Crippen LogP contribution in [0.3, 0.4) is 0 Å². The SMILES string of the molecule is Cc1nn(Cc2ccccc2)c(C)c1C(=O)N1CCN(Cc2ccsc2)CC1. The Morgan fingerprint density at radius 2 is 1.75 bits per heavy atom. The van der Waals surface area contributed by atoms with E-state index in [1.165, 1.54) is 11.1 Å². The maximum absolute atomic E-state index is 13.2. The number of thiophene rings is 1. The monoisotopic (exact) mass is 394 g/mol. The molecular formula is C22H26N4OS. The van der Waals surface area contributed by atoms with Crippen molar-refractivity contribution in [2.45, 2.75) is 26.9 Å². The normalized spacial score (nSPS) is 15.1. The summed E-state index contributed by atoms with van der Waals surface area (Å²) in [6.07, 6.45) is 0. The van der Waals surface area contributed by atoms with Crippen LogP contribution in [0.1, 0.15) is 32.9 Å². The third-order valence-electron chi connectivity index (χ3n) is 5.42. The van der Waals surface area contributed by atoms with Crippen molar-refractivity contribution in [2.75, 3.05) is 26.2 Å². The predicted molar refractivity (Wildman–Crippen MR) is 113 cm³/mol. The molecule has 4 rings (SSSR count). The zero-order valence-corrected chi connectivity index (χ0v) is 17.3. The Morgan fingerprint density at radius 1 is 1.00 bits per heavy atom. The molecule has 0 atom stereocenters. The van der Waals surface area contributed by atoms with Crippen molar-refractivity contribution in [2.24, 2.45) is 0 Å². The van der Waals surface area contributed by atoms with E-state index in [-0.39, 0.29) is 5.91 Å². The molecule has 1 aliphatic rings. The lowest BCUT2D eigenvalue weighted by atomic mass is 10.1. The minimum absolute atomic E-state index is 0.115. The Balaban J connectivity index is 1.42. The van der Waals surface area contributed by atoms with E-state index >= 15 is 0 Å². The fraction of sp³-hybridized carbons (Fsp3) is 0.364. The van der Waals surface area contributed by atoms with Gasteiger partial charge in [-0.15, -0.1) is 0 Å². The highest BCUT2D eigenvalue weighted by Crippen LogP contribution is 2.19.